The van der Waals surface area contributed by atoms with Gasteiger partial charge < -0.3 is 9.78 Å². The van der Waals surface area contributed by atoms with E-state index in [0.717, 1.165) is 29.0 Å². The van der Waals surface area contributed by atoms with Crippen LogP contribution in [0.25, 0.3) is 17.0 Å². The van der Waals surface area contributed by atoms with Gasteiger partial charge in [-0.2, -0.15) is 0 Å². The summed E-state index contributed by atoms with van der Waals surface area (Å²) < 4.78 is 0. The van der Waals surface area contributed by atoms with E-state index in [1.807, 2.05) is 24.3 Å². The molecule has 0 saturated heterocycles. The molecule has 0 atom stereocenters. The SMILES string of the molecule is O=CCC=Cc1cccc2[nH]cc(C=O)c12. The third kappa shape index (κ3) is 1.80. The van der Waals surface area contributed by atoms with Crippen molar-refractivity contribution in [1.82, 2.24) is 4.98 Å². The van der Waals surface area contributed by atoms with Gasteiger partial charge in [0.05, 0.1) is 0 Å². The molecule has 80 valence electrons. The zero-order valence-corrected chi connectivity index (χ0v) is 8.64. The van der Waals surface area contributed by atoms with Crippen molar-refractivity contribution in [1.29, 1.82) is 0 Å². The van der Waals surface area contributed by atoms with Gasteiger partial charge >= 0.3 is 0 Å². The number of fused-ring (bicyclic) bond motifs is 1. The predicted molar refractivity (Wildman–Crippen MR) is 63.4 cm³/mol. The Morgan fingerprint density at radius 3 is 2.81 bits per heavy atom. The van der Waals surface area contributed by atoms with E-state index in [1.165, 1.54) is 0 Å². The van der Waals surface area contributed by atoms with Crippen LogP contribution in [0.15, 0.2) is 30.5 Å². The second-order valence-corrected chi connectivity index (χ2v) is 3.44. The molecule has 0 aliphatic rings. The van der Waals surface area contributed by atoms with E-state index in [1.54, 1.807) is 12.3 Å². The minimum atomic E-state index is 0.386. The first kappa shape index (κ1) is 10.4. The fraction of sp³-hybridized carbons (Fsp3) is 0.0769. The highest BCUT2D eigenvalue weighted by Crippen LogP contribution is 2.22. The molecule has 1 aromatic carbocycles. The average molecular weight is 213 g/mol. The second-order valence-electron chi connectivity index (χ2n) is 3.44. The van der Waals surface area contributed by atoms with E-state index >= 15 is 0 Å². The Kier molecular flexibility index (Phi) is 2.96. The van der Waals surface area contributed by atoms with Gasteiger partial charge in [-0.25, -0.2) is 0 Å². The molecule has 1 heterocycles. The Labute approximate surface area is 92.8 Å². The molecule has 16 heavy (non-hydrogen) atoms. The summed E-state index contributed by atoms with van der Waals surface area (Å²) in [6, 6.07) is 5.75. The highest BCUT2D eigenvalue weighted by molar-refractivity contribution is 6.01. The van der Waals surface area contributed by atoms with Crippen molar-refractivity contribution in [3.63, 3.8) is 0 Å². The maximum atomic E-state index is 10.9. The largest absolute Gasteiger partial charge is 0.360 e. The first-order valence-electron chi connectivity index (χ1n) is 5.02. The number of benzene rings is 1. The molecule has 3 nitrogen and oxygen atoms in total. The van der Waals surface area contributed by atoms with E-state index in [4.69, 9.17) is 0 Å². The Bertz CT molecular complexity index is 552. The third-order valence-corrected chi connectivity index (χ3v) is 2.43. The van der Waals surface area contributed by atoms with Crippen LogP contribution < -0.4 is 0 Å². The van der Waals surface area contributed by atoms with Gasteiger partial charge in [0.2, 0.25) is 0 Å². The summed E-state index contributed by atoms with van der Waals surface area (Å²) in [5.41, 5.74) is 2.51. The van der Waals surface area contributed by atoms with Gasteiger partial charge in [-0.3, -0.25) is 4.79 Å². The summed E-state index contributed by atoms with van der Waals surface area (Å²) >= 11 is 0. The van der Waals surface area contributed by atoms with Crippen molar-refractivity contribution in [2.75, 3.05) is 0 Å². The van der Waals surface area contributed by atoms with Crippen LogP contribution in [0.2, 0.25) is 0 Å². The van der Waals surface area contributed by atoms with Crippen LogP contribution in [0.4, 0.5) is 0 Å². The molecular weight excluding hydrogens is 202 g/mol. The smallest absolute Gasteiger partial charge is 0.152 e. The molecule has 3 heteroatoms. The molecule has 0 saturated carbocycles. The minimum absolute atomic E-state index is 0.386. The molecule has 0 aliphatic heterocycles. The number of aromatic nitrogens is 1. The summed E-state index contributed by atoms with van der Waals surface area (Å²) in [6.07, 6.45) is 7.39. The van der Waals surface area contributed by atoms with Gasteiger partial charge in [-0.05, 0) is 11.6 Å². The Hall–Kier alpha value is -2.16. The number of nitrogens with one attached hydrogen (secondary N) is 1. The fourth-order valence-electron chi connectivity index (χ4n) is 1.72. The monoisotopic (exact) mass is 213 g/mol. The normalized spacial score (nSPS) is 11.0. The molecule has 0 bridgehead atoms. The number of allylic oxidation sites excluding steroid dienone is 1. The Balaban J connectivity index is 2.54. The predicted octanol–water partition coefficient (Wildman–Crippen LogP) is 2.58. The van der Waals surface area contributed by atoms with Gasteiger partial charge in [-0.15, -0.1) is 0 Å². The van der Waals surface area contributed by atoms with Crippen molar-refractivity contribution >= 4 is 29.6 Å². The zero-order chi connectivity index (χ0) is 11.4. The third-order valence-electron chi connectivity index (χ3n) is 2.43. The van der Waals surface area contributed by atoms with Gasteiger partial charge in [0.15, 0.2) is 6.29 Å². The summed E-state index contributed by atoms with van der Waals surface area (Å²) in [5.74, 6) is 0. The van der Waals surface area contributed by atoms with Crippen LogP contribution in [0.5, 0.6) is 0 Å². The van der Waals surface area contributed by atoms with Crippen molar-refractivity contribution in [2.24, 2.45) is 0 Å². The summed E-state index contributed by atoms with van der Waals surface area (Å²) in [5, 5.41) is 0.902. The lowest BCUT2D eigenvalue weighted by molar-refractivity contribution is -0.107. The van der Waals surface area contributed by atoms with E-state index in [-0.39, 0.29) is 0 Å². The zero-order valence-electron chi connectivity index (χ0n) is 8.64. The standard InChI is InChI=1S/C13H11NO2/c15-7-2-1-4-10-5-3-6-12-13(10)11(9-16)8-14-12/h1,3-9,14H,2H2. The summed E-state index contributed by atoms with van der Waals surface area (Å²) in [4.78, 5) is 24.1. The number of hydrogen-bond donors (Lipinski definition) is 1. The molecule has 0 unspecified atom stereocenters. The number of aromatic amines is 1. The molecule has 0 aliphatic carbocycles. The van der Waals surface area contributed by atoms with E-state index in [0.29, 0.717) is 12.0 Å². The number of rotatable bonds is 4. The molecular formula is C13H11NO2. The minimum Gasteiger partial charge on any atom is -0.360 e. The number of carbonyl (C=O) groups excluding carboxylic acids is 2. The molecule has 0 spiro atoms. The van der Waals surface area contributed by atoms with Crippen LogP contribution >= 0.6 is 0 Å². The second kappa shape index (κ2) is 4.57. The van der Waals surface area contributed by atoms with Gasteiger partial charge in [-0.1, -0.05) is 24.3 Å². The summed E-state index contributed by atoms with van der Waals surface area (Å²) in [6.45, 7) is 0. The molecule has 1 aromatic heterocycles. The highest BCUT2D eigenvalue weighted by atomic mass is 16.1. The van der Waals surface area contributed by atoms with Crippen LogP contribution in [-0.4, -0.2) is 17.6 Å². The van der Waals surface area contributed by atoms with Crippen molar-refractivity contribution < 1.29 is 9.59 Å². The highest BCUT2D eigenvalue weighted by Gasteiger charge is 2.05. The van der Waals surface area contributed by atoms with E-state index in [9.17, 15) is 9.59 Å². The van der Waals surface area contributed by atoms with E-state index in [2.05, 4.69) is 4.98 Å². The van der Waals surface area contributed by atoms with Crippen LogP contribution in [0, 0.1) is 0 Å². The molecule has 0 fully saturated rings. The van der Waals surface area contributed by atoms with Gasteiger partial charge in [0.1, 0.15) is 6.29 Å². The molecule has 1 N–H and O–H groups in total. The first-order valence-corrected chi connectivity index (χ1v) is 5.02. The van der Waals surface area contributed by atoms with Crippen LogP contribution in [0.1, 0.15) is 22.3 Å². The van der Waals surface area contributed by atoms with Crippen molar-refractivity contribution in [3.8, 4) is 0 Å². The lowest BCUT2D eigenvalue weighted by Crippen LogP contribution is -1.80. The lowest BCUT2D eigenvalue weighted by Gasteiger charge is -1.97. The molecule has 0 radical (unpaired) electrons. The topological polar surface area (TPSA) is 49.9 Å². The number of carbonyl (C=O) groups is 2. The van der Waals surface area contributed by atoms with Gasteiger partial charge in [0.25, 0.3) is 0 Å². The van der Waals surface area contributed by atoms with Crippen molar-refractivity contribution in [3.05, 3.63) is 41.6 Å². The molecule has 0 amide bonds. The average Bonchev–Trinajstić information content (AvgIpc) is 2.73. The number of hydrogen-bond acceptors (Lipinski definition) is 2. The number of aldehydes is 2. The maximum Gasteiger partial charge on any atom is 0.152 e. The van der Waals surface area contributed by atoms with Gasteiger partial charge in [0, 0.05) is 29.1 Å². The maximum absolute atomic E-state index is 10.9. The fourth-order valence-corrected chi connectivity index (χ4v) is 1.72. The Morgan fingerprint density at radius 1 is 1.19 bits per heavy atom. The van der Waals surface area contributed by atoms with E-state index < -0.39 is 0 Å². The lowest BCUT2D eigenvalue weighted by atomic mass is 10.1. The van der Waals surface area contributed by atoms with Crippen molar-refractivity contribution in [2.45, 2.75) is 6.42 Å². The molecule has 2 rings (SSSR count). The quantitative estimate of drug-likeness (QED) is 0.793. The van der Waals surface area contributed by atoms with Crippen LogP contribution in [0.3, 0.4) is 0 Å². The first-order chi connectivity index (χ1) is 7.86. The Morgan fingerprint density at radius 2 is 2.06 bits per heavy atom. The van der Waals surface area contributed by atoms with Crippen LogP contribution in [-0.2, 0) is 4.79 Å². The number of H-pyrrole nitrogens is 1. The summed E-state index contributed by atoms with van der Waals surface area (Å²) in [7, 11) is 0. The molecule has 2 aromatic rings.